The predicted octanol–water partition coefficient (Wildman–Crippen LogP) is 5.16. The van der Waals surface area contributed by atoms with Gasteiger partial charge in [-0.15, -0.1) is 0 Å². The summed E-state index contributed by atoms with van der Waals surface area (Å²) in [6.45, 7) is 0. The average molecular weight is 507 g/mol. The first kappa shape index (κ1) is 24.1. The van der Waals surface area contributed by atoms with E-state index in [0.29, 0.717) is 18.6 Å². The van der Waals surface area contributed by atoms with E-state index in [2.05, 4.69) is 15.6 Å². The zero-order valence-corrected chi connectivity index (χ0v) is 18.8. The summed E-state index contributed by atoms with van der Waals surface area (Å²) < 4.78 is 71.4. The number of fused-ring (bicyclic) bond motifs is 3. The van der Waals surface area contributed by atoms with E-state index in [9.17, 15) is 31.5 Å². The number of benzene rings is 2. The highest BCUT2D eigenvalue weighted by atomic mass is 19.4. The normalized spacial score (nSPS) is 23.5. The largest absolute Gasteiger partial charge is 0.490 e. The molecule has 0 radical (unpaired) electrons. The molecule has 1 heterocycles. The van der Waals surface area contributed by atoms with Gasteiger partial charge in [0.05, 0.1) is 16.8 Å². The van der Waals surface area contributed by atoms with Gasteiger partial charge in [-0.05, 0) is 67.9 Å². The number of halogens is 5. The SMILES string of the molecule is O=C(Nc1c[nH]c2cc(F)c(F)cc12)C(=O)NC1CC2CCC(C1)C2Oc1ccc(C(F)(F)F)cc1. The Morgan fingerprint density at radius 3 is 2.22 bits per heavy atom. The summed E-state index contributed by atoms with van der Waals surface area (Å²) >= 11 is 0. The molecule has 2 amide bonds. The lowest BCUT2D eigenvalue weighted by Gasteiger charge is -2.35. The molecule has 2 fully saturated rings. The van der Waals surface area contributed by atoms with E-state index in [1.807, 2.05) is 0 Å². The Morgan fingerprint density at radius 2 is 1.58 bits per heavy atom. The van der Waals surface area contributed by atoms with Gasteiger partial charge < -0.3 is 20.4 Å². The van der Waals surface area contributed by atoms with Crippen molar-refractivity contribution >= 4 is 28.4 Å². The molecule has 36 heavy (non-hydrogen) atoms. The highest BCUT2D eigenvalue weighted by Crippen LogP contribution is 2.44. The lowest BCUT2D eigenvalue weighted by atomic mass is 9.82. The molecule has 5 rings (SSSR count). The molecule has 0 saturated heterocycles. The second kappa shape index (κ2) is 9.11. The molecule has 0 aliphatic heterocycles. The molecule has 2 aromatic carbocycles. The van der Waals surface area contributed by atoms with Crippen LogP contribution < -0.4 is 15.4 Å². The summed E-state index contributed by atoms with van der Waals surface area (Å²) in [5, 5.41) is 5.38. The number of alkyl halides is 3. The maximum Gasteiger partial charge on any atom is 0.416 e. The van der Waals surface area contributed by atoms with Crippen molar-refractivity contribution in [3.63, 3.8) is 0 Å². The van der Waals surface area contributed by atoms with E-state index in [1.165, 1.54) is 18.3 Å². The van der Waals surface area contributed by atoms with E-state index < -0.39 is 35.2 Å². The summed E-state index contributed by atoms with van der Waals surface area (Å²) in [6.07, 6.45) is -0.402. The number of rotatable bonds is 4. The van der Waals surface area contributed by atoms with E-state index in [4.69, 9.17) is 4.74 Å². The Kier molecular flexibility index (Phi) is 6.09. The van der Waals surface area contributed by atoms with Crippen LogP contribution in [0.4, 0.5) is 27.6 Å². The maximum absolute atomic E-state index is 13.6. The van der Waals surface area contributed by atoms with Crippen molar-refractivity contribution in [2.45, 2.75) is 44.0 Å². The van der Waals surface area contributed by atoms with Gasteiger partial charge in [0.15, 0.2) is 11.6 Å². The van der Waals surface area contributed by atoms with Crippen LogP contribution in [0.5, 0.6) is 5.75 Å². The molecule has 0 spiro atoms. The standard InChI is InChI=1S/C25H22F5N3O3/c26-18-9-17-20(10-19(18)27)31-11-21(17)33-24(35)23(34)32-15-7-12-1-2-13(8-15)22(12)36-16-5-3-14(4-6-16)25(28,29)30/h3-6,9-13,15,22,31H,1-2,7-8H2,(H,32,34)(H,33,35). The number of amides is 2. The number of carbonyl (C=O) groups is 2. The van der Waals surface area contributed by atoms with Crippen molar-refractivity contribution in [2.75, 3.05) is 5.32 Å². The number of aromatic amines is 1. The van der Waals surface area contributed by atoms with E-state index >= 15 is 0 Å². The average Bonchev–Trinajstić information content (AvgIpc) is 3.29. The lowest BCUT2D eigenvalue weighted by molar-refractivity contribution is -0.137. The van der Waals surface area contributed by atoms with Crippen molar-refractivity contribution in [2.24, 2.45) is 11.8 Å². The zero-order chi connectivity index (χ0) is 25.6. The smallest absolute Gasteiger partial charge is 0.416 e. The minimum absolute atomic E-state index is 0.0888. The quantitative estimate of drug-likeness (QED) is 0.337. The second-order valence-electron chi connectivity index (χ2n) is 9.31. The highest BCUT2D eigenvalue weighted by Gasteiger charge is 2.45. The van der Waals surface area contributed by atoms with Crippen LogP contribution in [-0.2, 0) is 15.8 Å². The molecule has 190 valence electrons. The molecule has 6 nitrogen and oxygen atoms in total. The number of ether oxygens (including phenoxy) is 1. The summed E-state index contributed by atoms with van der Waals surface area (Å²) in [7, 11) is 0. The minimum atomic E-state index is -4.41. The summed E-state index contributed by atoms with van der Waals surface area (Å²) in [5.41, 5.74) is -0.322. The summed E-state index contributed by atoms with van der Waals surface area (Å²) in [5.74, 6) is -3.35. The molecular weight excluding hydrogens is 485 g/mol. The molecule has 2 bridgehead atoms. The Labute approximate surface area is 202 Å². The van der Waals surface area contributed by atoms with Crippen molar-refractivity contribution in [3.8, 4) is 5.75 Å². The monoisotopic (exact) mass is 507 g/mol. The fourth-order valence-corrected chi connectivity index (χ4v) is 5.31. The highest BCUT2D eigenvalue weighted by molar-refractivity contribution is 6.40. The topological polar surface area (TPSA) is 83.2 Å². The third-order valence-electron chi connectivity index (χ3n) is 6.98. The molecule has 2 aliphatic rings. The third kappa shape index (κ3) is 4.74. The Balaban J connectivity index is 1.18. The molecule has 2 saturated carbocycles. The first-order chi connectivity index (χ1) is 17.1. The number of nitrogens with one attached hydrogen (secondary N) is 3. The van der Waals surface area contributed by atoms with Crippen LogP contribution in [0.2, 0.25) is 0 Å². The number of H-pyrrole nitrogens is 1. The van der Waals surface area contributed by atoms with Crippen LogP contribution in [0.15, 0.2) is 42.6 Å². The van der Waals surface area contributed by atoms with Crippen molar-refractivity contribution < 1.29 is 36.3 Å². The van der Waals surface area contributed by atoms with Gasteiger partial charge in [-0.3, -0.25) is 9.59 Å². The first-order valence-corrected chi connectivity index (χ1v) is 11.5. The maximum atomic E-state index is 13.6. The number of aromatic nitrogens is 1. The van der Waals surface area contributed by atoms with Crippen LogP contribution in [0, 0.1) is 23.5 Å². The summed E-state index contributed by atoms with van der Waals surface area (Å²) in [4.78, 5) is 27.7. The molecular formula is C25H22F5N3O3. The van der Waals surface area contributed by atoms with Crippen LogP contribution >= 0.6 is 0 Å². The van der Waals surface area contributed by atoms with Gasteiger partial charge in [-0.25, -0.2) is 8.78 Å². The Bertz CT molecular complexity index is 1290. The molecule has 3 N–H and O–H groups in total. The number of hydrogen-bond donors (Lipinski definition) is 3. The van der Waals surface area contributed by atoms with Gasteiger partial charge in [0.25, 0.3) is 0 Å². The van der Waals surface area contributed by atoms with E-state index in [1.54, 1.807) is 0 Å². The number of hydrogen-bond acceptors (Lipinski definition) is 3. The predicted molar refractivity (Wildman–Crippen MR) is 120 cm³/mol. The van der Waals surface area contributed by atoms with Gasteiger partial charge in [-0.1, -0.05) is 0 Å². The van der Waals surface area contributed by atoms with Gasteiger partial charge in [0.2, 0.25) is 0 Å². The van der Waals surface area contributed by atoms with Crippen LogP contribution in [0.3, 0.4) is 0 Å². The van der Waals surface area contributed by atoms with Crippen LogP contribution in [0.1, 0.15) is 31.2 Å². The molecule has 2 aliphatic carbocycles. The van der Waals surface area contributed by atoms with Crippen LogP contribution in [-0.4, -0.2) is 28.9 Å². The van der Waals surface area contributed by atoms with Gasteiger partial charge in [0, 0.05) is 23.7 Å². The Morgan fingerprint density at radius 1 is 0.944 bits per heavy atom. The molecule has 1 aromatic heterocycles. The zero-order valence-electron chi connectivity index (χ0n) is 18.8. The Hall–Kier alpha value is -3.63. The number of carbonyl (C=O) groups excluding carboxylic acids is 2. The third-order valence-corrected chi connectivity index (χ3v) is 6.98. The molecule has 2 atom stereocenters. The molecule has 3 aromatic rings. The summed E-state index contributed by atoms with van der Waals surface area (Å²) in [6, 6.07) is 6.23. The van der Waals surface area contributed by atoms with Gasteiger partial charge >= 0.3 is 18.0 Å². The van der Waals surface area contributed by atoms with E-state index in [0.717, 1.165) is 37.1 Å². The molecule has 11 heteroatoms. The fourth-order valence-electron chi connectivity index (χ4n) is 5.31. The van der Waals surface area contributed by atoms with Gasteiger partial charge in [0.1, 0.15) is 11.9 Å². The second-order valence-corrected chi connectivity index (χ2v) is 9.31. The van der Waals surface area contributed by atoms with Crippen LogP contribution in [0.25, 0.3) is 10.9 Å². The van der Waals surface area contributed by atoms with Crippen molar-refractivity contribution in [1.29, 1.82) is 0 Å². The van der Waals surface area contributed by atoms with Crippen molar-refractivity contribution in [3.05, 3.63) is 59.8 Å². The van der Waals surface area contributed by atoms with Crippen molar-refractivity contribution in [1.82, 2.24) is 10.3 Å². The molecule has 2 unspecified atom stereocenters. The lowest BCUT2D eigenvalue weighted by Crippen LogP contribution is -2.48. The number of anilines is 1. The fraction of sp³-hybridized carbons (Fsp3) is 0.360. The van der Waals surface area contributed by atoms with Gasteiger partial charge in [-0.2, -0.15) is 13.2 Å². The minimum Gasteiger partial charge on any atom is -0.490 e. The van der Waals surface area contributed by atoms with E-state index in [-0.39, 0.29) is 40.6 Å². The first-order valence-electron chi connectivity index (χ1n) is 11.5.